The number of aromatic nitrogens is 1. The fraction of sp³-hybridized carbons (Fsp3) is 0.500. The molecule has 0 radical (unpaired) electrons. The Labute approximate surface area is 147 Å². The highest BCUT2D eigenvalue weighted by Crippen LogP contribution is 2.40. The monoisotopic (exact) mass is 340 g/mol. The number of nitrogens with one attached hydrogen (secondary N) is 1. The van der Waals surface area contributed by atoms with Crippen molar-refractivity contribution >= 4 is 22.8 Å². The number of aliphatic carboxylic acids is 1. The van der Waals surface area contributed by atoms with E-state index in [-0.39, 0.29) is 11.9 Å². The van der Waals surface area contributed by atoms with Crippen LogP contribution in [0.5, 0.6) is 0 Å². The lowest BCUT2D eigenvalue weighted by atomic mass is 9.84. The Bertz CT molecular complexity index is 854. The van der Waals surface area contributed by atoms with Gasteiger partial charge in [-0.1, -0.05) is 18.9 Å². The summed E-state index contributed by atoms with van der Waals surface area (Å²) in [6.07, 6.45) is 4.74. The molecule has 1 saturated carbocycles. The number of hydrogen-bond acceptors (Lipinski definition) is 2. The van der Waals surface area contributed by atoms with Gasteiger partial charge in [0.15, 0.2) is 0 Å². The van der Waals surface area contributed by atoms with Crippen LogP contribution in [0.4, 0.5) is 0 Å². The number of aryl methyl sites for hydroxylation is 2. The predicted octanol–water partition coefficient (Wildman–Crippen LogP) is 3.64. The molecule has 1 saturated heterocycles. The standard InChI is InChI=1S/C20H24N2O3/c1-11-7-8-15-14(12(11)2)10-16(21-15)19(23)22-17-6-4-3-5-13(17)9-18(22)20(24)25/h7-8,10,13,17-18,21H,3-6,9H2,1-2H3,(H,24,25). The number of carboxylic acid groups (broad SMARTS) is 1. The average molecular weight is 340 g/mol. The Hall–Kier alpha value is -2.30. The molecule has 1 aromatic heterocycles. The molecule has 25 heavy (non-hydrogen) atoms. The molecule has 5 nitrogen and oxygen atoms in total. The molecule has 0 bridgehead atoms. The van der Waals surface area contributed by atoms with E-state index in [1.165, 1.54) is 5.56 Å². The highest BCUT2D eigenvalue weighted by molar-refractivity contribution is 6.01. The van der Waals surface area contributed by atoms with E-state index >= 15 is 0 Å². The van der Waals surface area contributed by atoms with E-state index in [0.717, 1.165) is 42.1 Å². The van der Waals surface area contributed by atoms with Gasteiger partial charge in [-0.05, 0) is 62.3 Å². The second-order valence-electron chi connectivity index (χ2n) is 7.57. The molecule has 5 heteroatoms. The number of rotatable bonds is 2. The first-order chi connectivity index (χ1) is 12.0. The third kappa shape index (κ3) is 2.53. The number of H-pyrrole nitrogens is 1. The van der Waals surface area contributed by atoms with Gasteiger partial charge in [0.2, 0.25) is 0 Å². The molecule has 1 aliphatic carbocycles. The molecule has 3 unspecified atom stereocenters. The molecule has 2 aliphatic rings. The van der Waals surface area contributed by atoms with Crippen LogP contribution in [0.1, 0.15) is 53.7 Å². The number of carbonyl (C=O) groups is 2. The molecule has 4 rings (SSSR count). The van der Waals surface area contributed by atoms with Gasteiger partial charge in [-0.25, -0.2) is 4.79 Å². The van der Waals surface area contributed by atoms with Crippen LogP contribution in [0.3, 0.4) is 0 Å². The Morgan fingerprint density at radius 3 is 2.72 bits per heavy atom. The summed E-state index contributed by atoms with van der Waals surface area (Å²) in [5.41, 5.74) is 3.76. The van der Waals surface area contributed by atoms with Gasteiger partial charge in [-0.15, -0.1) is 0 Å². The van der Waals surface area contributed by atoms with Crippen LogP contribution in [0.15, 0.2) is 18.2 Å². The number of benzene rings is 1. The fourth-order valence-corrected chi connectivity index (χ4v) is 4.68. The van der Waals surface area contributed by atoms with Crippen LogP contribution in [0.2, 0.25) is 0 Å². The van der Waals surface area contributed by atoms with Crippen molar-refractivity contribution in [3.8, 4) is 0 Å². The van der Waals surface area contributed by atoms with Crippen LogP contribution >= 0.6 is 0 Å². The zero-order valence-electron chi connectivity index (χ0n) is 14.7. The summed E-state index contributed by atoms with van der Waals surface area (Å²) in [5.74, 6) is -0.729. The number of nitrogens with zero attached hydrogens (tertiary/aromatic N) is 1. The number of aromatic amines is 1. The van der Waals surface area contributed by atoms with Crippen molar-refractivity contribution in [3.05, 3.63) is 35.0 Å². The number of amides is 1. The molecule has 1 aromatic carbocycles. The van der Waals surface area contributed by atoms with Crippen molar-refractivity contribution in [3.63, 3.8) is 0 Å². The first-order valence-electron chi connectivity index (χ1n) is 9.11. The highest BCUT2D eigenvalue weighted by atomic mass is 16.4. The van der Waals surface area contributed by atoms with Crippen LogP contribution < -0.4 is 0 Å². The minimum Gasteiger partial charge on any atom is -0.480 e. The molecule has 2 heterocycles. The lowest BCUT2D eigenvalue weighted by Gasteiger charge is -2.32. The lowest BCUT2D eigenvalue weighted by Crippen LogP contribution is -2.46. The van der Waals surface area contributed by atoms with Crippen molar-refractivity contribution in [1.82, 2.24) is 9.88 Å². The van der Waals surface area contributed by atoms with Gasteiger partial charge in [0.05, 0.1) is 0 Å². The van der Waals surface area contributed by atoms with Crippen LogP contribution in [0, 0.1) is 19.8 Å². The summed E-state index contributed by atoms with van der Waals surface area (Å²) in [7, 11) is 0. The van der Waals surface area contributed by atoms with Gasteiger partial charge in [0.1, 0.15) is 11.7 Å². The average Bonchev–Trinajstić information content (AvgIpc) is 3.19. The van der Waals surface area contributed by atoms with Crippen molar-refractivity contribution < 1.29 is 14.7 Å². The van der Waals surface area contributed by atoms with Crippen LogP contribution in [0.25, 0.3) is 10.9 Å². The Balaban J connectivity index is 1.73. The predicted molar refractivity (Wildman–Crippen MR) is 95.7 cm³/mol. The van der Waals surface area contributed by atoms with E-state index < -0.39 is 12.0 Å². The summed E-state index contributed by atoms with van der Waals surface area (Å²) in [6, 6.07) is 5.27. The third-order valence-electron chi connectivity index (χ3n) is 6.18. The first-order valence-corrected chi connectivity index (χ1v) is 9.11. The van der Waals surface area contributed by atoms with E-state index in [1.807, 2.05) is 25.1 Å². The Morgan fingerprint density at radius 2 is 1.96 bits per heavy atom. The minimum atomic E-state index is -0.883. The van der Waals surface area contributed by atoms with Gasteiger partial charge in [0.25, 0.3) is 5.91 Å². The van der Waals surface area contributed by atoms with E-state index in [0.29, 0.717) is 18.0 Å². The zero-order chi connectivity index (χ0) is 17.7. The molecule has 2 aromatic rings. The molecule has 1 amide bonds. The second-order valence-corrected chi connectivity index (χ2v) is 7.57. The summed E-state index contributed by atoms with van der Waals surface area (Å²) in [6.45, 7) is 4.10. The summed E-state index contributed by atoms with van der Waals surface area (Å²) in [5, 5.41) is 10.7. The molecule has 132 valence electrons. The quantitative estimate of drug-likeness (QED) is 0.876. The van der Waals surface area contributed by atoms with Gasteiger partial charge in [0, 0.05) is 16.9 Å². The molecule has 0 spiro atoms. The number of hydrogen-bond donors (Lipinski definition) is 2. The Kier molecular flexibility index (Phi) is 3.82. The van der Waals surface area contributed by atoms with Crippen molar-refractivity contribution in [1.29, 1.82) is 0 Å². The van der Waals surface area contributed by atoms with Crippen molar-refractivity contribution in [2.75, 3.05) is 0 Å². The highest BCUT2D eigenvalue weighted by Gasteiger charge is 2.47. The Morgan fingerprint density at radius 1 is 1.20 bits per heavy atom. The smallest absolute Gasteiger partial charge is 0.326 e. The zero-order valence-corrected chi connectivity index (χ0v) is 14.7. The first kappa shape index (κ1) is 16.2. The van der Waals surface area contributed by atoms with E-state index in [2.05, 4.69) is 11.9 Å². The van der Waals surface area contributed by atoms with E-state index in [1.54, 1.807) is 4.90 Å². The SMILES string of the molecule is Cc1ccc2[nH]c(C(=O)N3C(C(=O)O)CC4CCCCC43)cc2c1C. The van der Waals surface area contributed by atoms with E-state index in [4.69, 9.17) is 0 Å². The number of fused-ring (bicyclic) bond motifs is 2. The maximum absolute atomic E-state index is 13.2. The maximum atomic E-state index is 13.2. The summed E-state index contributed by atoms with van der Waals surface area (Å²) in [4.78, 5) is 29.8. The van der Waals surface area contributed by atoms with Crippen molar-refractivity contribution in [2.45, 2.75) is 58.0 Å². The maximum Gasteiger partial charge on any atom is 0.326 e. The number of carbonyl (C=O) groups excluding carboxylic acids is 1. The largest absolute Gasteiger partial charge is 0.480 e. The van der Waals surface area contributed by atoms with Crippen LogP contribution in [-0.4, -0.2) is 39.0 Å². The molecular formula is C20H24N2O3. The molecule has 1 aliphatic heterocycles. The third-order valence-corrected chi connectivity index (χ3v) is 6.18. The molecular weight excluding hydrogens is 316 g/mol. The van der Waals surface area contributed by atoms with Crippen LogP contribution in [-0.2, 0) is 4.79 Å². The van der Waals surface area contributed by atoms with Gasteiger partial charge < -0.3 is 15.0 Å². The van der Waals surface area contributed by atoms with Crippen molar-refractivity contribution in [2.24, 2.45) is 5.92 Å². The number of likely N-dealkylation sites (tertiary alicyclic amines) is 1. The van der Waals surface area contributed by atoms with Gasteiger partial charge in [-0.2, -0.15) is 0 Å². The minimum absolute atomic E-state index is 0.0663. The topological polar surface area (TPSA) is 73.4 Å². The molecule has 3 atom stereocenters. The normalized spacial score (nSPS) is 26.0. The molecule has 2 fully saturated rings. The van der Waals surface area contributed by atoms with E-state index in [9.17, 15) is 14.7 Å². The fourth-order valence-electron chi connectivity index (χ4n) is 4.68. The molecule has 2 N–H and O–H groups in total. The lowest BCUT2D eigenvalue weighted by molar-refractivity contribution is -0.141. The number of carboxylic acids is 1. The summed E-state index contributed by atoms with van der Waals surface area (Å²) < 4.78 is 0. The van der Waals surface area contributed by atoms with Gasteiger partial charge in [-0.3, -0.25) is 4.79 Å². The van der Waals surface area contributed by atoms with Gasteiger partial charge >= 0.3 is 5.97 Å². The summed E-state index contributed by atoms with van der Waals surface area (Å²) >= 11 is 0. The second kappa shape index (κ2) is 5.90.